The summed E-state index contributed by atoms with van der Waals surface area (Å²) >= 11 is 0. The molecule has 20 heavy (non-hydrogen) atoms. The molecule has 0 aliphatic heterocycles. The number of aromatic amines is 1. The quantitative estimate of drug-likeness (QED) is 0.790. The van der Waals surface area contributed by atoms with Crippen LogP contribution in [0, 0.1) is 0 Å². The maximum atomic E-state index is 12.0. The second-order valence-electron chi connectivity index (χ2n) is 5.15. The summed E-state index contributed by atoms with van der Waals surface area (Å²) < 4.78 is 0. The standard InChI is InChI=1S/C14H17N3O3/c1-4-11-15-10-6-5-8(7-9(10)12(18)16-11)17-14(2,3)13(19)20/h5-7,17H,4H2,1-3H3,(H,19,20)(H,15,16,18). The highest BCUT2D eigenvalue weighted by molar-refractivity contribution is 5.85. The molecule has 0 fully saturated rings. The van der Waals surface area contributed by atoms with Crippen molar-refractivity contribution in [2.75, 3.05) is 5.32 Å². The Morgan fingerprint density at radius 2 is 2.15 bits per heavy atom. The zero-order chi connectivity index (χ0) is 14.9. The normalized spacial score (nSPS) is 11.6. The minimum atomic E-state index is -1.11. The van der Waals surface area contributed by atoms with E-state index in [-0.39, 0.29) is 5.56 Å². The van der Waals surface area contributed by atoms with Crippen molar-refractivity contribution in [3.63, 3.8) is 0 Å². The minimum Gasteiger partial charge on any atom is -0.480 e. The molecule has 0 atom stereocenters. The Hall–Kier alpha value is -2.37. The molecule has 2 rings (SSSR count). The molecule has 3 N–H and O–H groups in total. The van der Waals surface area contributed by atoms with E-state index in [1.807, 2.05) is 6.92 Å². The summed E-state index contributed by atoms with van der Waals surface area (Å²) in [7, 11) is 0. The van der Waals surface area contributed by atoms with Crippen molar-refractivity contribution in [1.82, 2.24) is 9.97 Å². The van der Waals surface area contributed by atoms with Crippen molar-refractivity contribution in [3.05, 3.63) is 34.4 Å². The first-order chi connectivity index (χ1) is 9.33. The van der Waals surface area contributed by atoms with Gasteiger partial charge in [0.05, 0.1) is 10.9 Å². The zero-order valence-electron chi connectivity index (χ0n) is 11.7. The Labute approximate surface area is 115 Å². The SMILES string of the molecule is CCc1nc2ccc(NC(C)(C)C(=O)O)cc2c(=O)[nH]1. The van der Waals surface area contributed by atoms with Gasteiger partial charge in [-0.2, -0.15) is 0 Å². The minimum absolute atomic E-state index is 0.219. The van der Waals surface area contributed by atoms with Crippen molar-refractivity contribution < 1.29 is 9.90 Å². The Morgan fingerprint density at radius 1 is 1.45 bits per heavy atom. The summed E-state index contributed by atoms with van der Waals surface area (Å²) in [6.45, 7) is 5.03. The average molecular weight is 275 g/mol. The lowest BCUT2D eigenvalue weighted by Crippen LogP contribution is -2.39. The van der Waals surface area contributed by atoms with Crippen molar-refractivity contribution in [2.24, 2.45) is 0 Å². The first kappa shape index (κ1) is 14.0. The van der Waals surface area contributed by atoms with Gasteiger partial charge in [0.1, 0.15) is 11.4 Å². The van der Waals surface area contributed by atoms with Crippen LogP contribution in [0.1, 0.15) is 26.6 Å². The molecule has 6 nitrogen and oxygen atoms in total. The molecule has 1 aromatic carbocycles. The number of aliphatic carboxylic acids is 1. The van der Waals surface area contributed by atoms with Gasteiger partial charge >= 0.3 is 5.97 Å². The number of anilines is 1. The van der Waals surface area contributed by atoms with Gasteiger partial charge in [0.2, 0.25) is 0 Å². The van der Waals surface area contributed by atoms with Gasteiger partial charge in [0.15, 0.2) is 0 Å². The lowest BCUT2D eigenvalue weighted by atomic mass is 10.1. The van der Waals surface area contributed by atoms with Crippen LogP contribution in [0.15, 0.2) is 23.0 Å². The van der Waals surface area contributed by atoms with E-state index < -0.39 is 11.5 Å². The largest absolute Gasteiger partial charge is 0.480 e. The summed E-state index contributed by atoms with van der Waals surface area (Å²) in [6, 6.07) is 5.05. The third kappa shape index (κ3) is 2.64. The van der Waals surface area contributed by atoms with Gasteiger partial charge in [-0.1, -0.05) is 6.92 Å². The van der Waals surface area contributed by atoms with Crippen molar-refractivity contribution in [2.45, 2.75) is 32.7 Å². The Balaban J connectivity index is 2.47. The van der Waals surface area contributed by atoms with Crippen LogP contribution in [0.3, 0.4) is 0 Å². The molecule has 0 saturated carbocycles. The zero-order valence-corrected chi connectivity index (χ0v) is 11.7. The number of aromatic nitrogens is 2. The fourth-order valence-corrected chi connectivity index (χ4v) is 1.85. The summed E-state index contributed by atoms with van der Waals surface area (Å²) in [4.78, 5) is 30.1. The third-order valence-electron chi connectivity index (χ3n) is 3.08. The Kier molecular flexibility index (Phi) is 3.48. The van der Waals surface area contributed by atoms with Gasteiger partial charge in [-0.15, -0.1) is 0 Å². The van der Waals surface area contributed by atoms with E-state index >= 15 is 0 Å². The molecule has 0 bridgehead atoms. The summed E-state index contributed by atoms with van der Waals surface area (Å²) in [5.41, 5.74) is -0.161. The van der Waals surface area contributed by atoms with E-state index in [1.54, 1.807) is 32.0 Å². The van der Waals surface area contributed by atoms with Gasteiger partial charge < -0.3 is 15.4 Å². The molecular weight excluding hydrogens is 258 g/mol. The summed E-state index contributed by atoms with van der Waals surface area (Å²) in [6.07, 6.45) is 0.650. The fraction of sp³-hybridized carbons (Fsp3) is 0.357. The lowest BCUT2D eigenvalue weighted by Gasteiger charge is -2.22. The number of hydrogen-bond donors (Lipinski definition) is 3. The van der Waals surface area contributed by atoms with Crippen LogP contribution in [-0.4, -0.2) is 26.6 Å². The first-order valence-electron chi connectivity index (χ1n) is 6.38. The molecule has 0 aliphatic carbocycles. The van der Waals surface area contributed by atoms with Gasteiger partial charge in [0, 0.05) is 12.1 Å². The average Bonchev–Trinajstić information content (AvgIpc) is 2.38. The number of aryl methyl sites for hydroxylation is 1. The Morgan fingerprint density at radius 3 is 2.75 bits per heavy atom. The molecule has 0 spiro atoms. The molecule has 0 aliphatic rings. The van der Waals surface area contributed by atoms with Crippen molar-refractivity contribution in [1.29, 1.82) is 0 Å². The van der Waals surface area contributed by atoms with Crippen LogP contribution in [0.4, 0.5) is 5.69 Å². The van der Waals surface area contributed by atoms with Crippen LogP contribution >= 0.6 is 0 Å². The number of carboxylic acid groups (broad SMARTS) is 1. The predicted octanol–water partition coefficient (Wildman–Crippen LogP) is 1.76. The van der Waals surface area contributed by atoms with E-state index in [0.29, 0.717) is 28.8 Å². The van der Waals surface area contributed by atoms with E-state index in [2.05, 4.69) is 15.3 Å². The summed E-state index contributed by atoms with van der Waals surface area (Å²) in [5.74, 6) is -0.333. The molecular formula is C14H17N3O3. The second kappa shape index (κ2) is 4.96. The summed E-state index contributed by atoms with van der Waals surface area (Å²) in [5, 5.41) is 12.4. The van der Waals surface area contributed by atoms with Crippen LogP contribution in [0.5, 0.6) is 0 Å². The molecule has 0 amide bonds. The molecule has 2 aromatic rings. The third-order valence-corrected chi connectivity index (χ3v) is 3.08. The highest BCUT2D eigenvalue weighted by Crippen LogP contribution is 2.19. The lowest BCUT2D eigenvalue weighted by molar-refractivity contribution is -0.141. The number of fused-ring (bicyclic) bond motifs is 1. The molecule has 1 aromatic heterocycles. The number of nitrogens with zero attached hydrogens (tertiary/aromatic N) is 1. The van der Waals surface area contributed by atoms with Crippen molar-refractivity contribution in [3.8, 4) is 0 Å². The van der Waals surface area contributed by atoms with Crippen LogP contribution < -0.4 is 10.9 Å². The number of rotatable bonds is 4. The maximum Gasteiger partial charge on any atom is 0.328 e. The second-order valence-corrected chi connectivity index (χ2v) is 5.15. The monoisotopic (exact) mass is 275 g/mol. The topological polar surface area (TPSA) is 95.1 Å². The van der Waals surface area contributed by atoms with Crippen molar-refractivity contribution >= 4 is 22.6 Å². The van der Waals surface area contributed by atoms with E-state index in [1.165, 1.54) is 0 Å². The molecule has 0 saturated heterocycles. The van der Waals surface area contributed by atoms with E-state index in [9.17, 15) is 9.59 Å². The molecule has 6 heteroatoms. The van der Waals surface area contributed by atoms with E-state index in [4.69, 9.17) is 5.11 Å². The number of H-pyrrole nitrogens is 1. The number of nitrogens with one attached hydrogen (secondary N) is 2. The van der Waals surface area contributed by atoms with Crippen LogP contribution in [-0.2, 0) is 11.2 Å². The molecule has 0 unspecified atom stereocenters. The number of carbonyl (C=O) groups is 1. The van der Waals surface area contributed by atoms with Gasteiger partial charge in [-0.3, -0.25) is 4.79 Å². The molecule has 106 valence electrons. The van der Waals surface area contributed by atoms with Gasteiger partial charge in [-0.05, 0) is 32.0 Å². The van der Waals surface area contributed by atoms with Gasteiger partial charge in [-0.25, -0.2) is 9.78 Å². The maximum absolute atomic E-state index is 12.0. The molecule has 1 heterocycles. The molecule has 0 radical (unpaired) electrons. The fourth-order valence-electron chi connectivity index (χ4n) is 1.85. The van der Waals surface area contributed by atoms with Crippen LogP contribution in [0.25, 0.3) is 10.9 Å². The van der Waals surface area contributed by atoms with E-state index in [0.717, 1.165) is 0 Å². The number of benzene rings is 1. The highest BCUT2D eigenvalue weighted by atomic mass is 16.4. The number of hydrogen-bond acceptors (Lipinski definition) is 4. The highest BCUT2D eigenvalue weighted by Gasteiger charge is 2.26. The van der Waals surface area contributed by atoms with Crippen LogP contribution in [0.2, 0.25) is 0 Å². The van der Waals surface area contributed by atoms with Gasteiger partial charge in [0.25, 0.3) is 5.56 Å². The predicted molar refractivity (Wildman–Crippen MR) is 77.1 cm³/mol. The number of carboxylic acids is 1. The Bertz CT molecular complexity index is 719. The smallest absolute Gasteiger partial charge is 0.328 e. The first-order valence-corrected chi connectivity index (χ1v) is 6.38.